The predicted molar refractivity (Wildman–Crippen MR) is 92.1 cm³/mol. The topological polar surface area (TPSA) is 122 Å². The Hall–Kier alpha value is -3.12. The van der Waals surface area contributed by atoms with Gasteiger partial charge in [-0.3, -0.25) is 5.84 Å². The van der Waals surface area contributed by atoms with E-state index in [4.69, 9.17) is 5.84 Å². The van der Waals surface area contributed by atoms with Gasteiger partial charge in [0, 0.05) is 11.1 Å². The second-order valence-electron chi connectivity index (χ2n) is 5.07. The Morgan fingerprint density at radius 1 is 0.920 bits per heavy atom. The van der Waals surface area contributed by atoms with Gasteiger partial charge >= 0.3 is 0 Å². The van der Waals surface area contributed by atoms with Crippen molar-refractivity contribution in [1.29, 1.82) is 5.26 Å². The number of nitrogens with zero attached hydrogens (tertiary/aromatic N) is 3. The molecule has 2 aromatic carbocycles. The first-order chi connectivity index (χ1) is 12.1. The van der Waals surface area contributed by atoms with Crippen LogP contribution in [0.5, 0.6) is 0 Å². The van der Waals surface area contributed by atoms with Gasteiger partial charge < -0.3 is 0 Å². The minimum atomic E-state index is -4.14. The molecule has 0 aliphatic rings. The number of nitrogens with one attached hydrogen (secondary N) is 1. The van der Waals surface area contributed by atoms with Crippen molar-refractivity contribution in [3.05, 3.63) is 66.2 Å². The molecule has 0 aliphatic carbocycles. The monoisotopic (exact) mass is 351 g/mol. The van der Waals surface area contributed by atoms with Crippen molar-refractivity contribution in [3.8, 4) is 28.5 Å². The lowest BCUT2D eigenvalue weighted by Gasteiger charge is -2.13. The molecule has 0 amide bonds. The lowest BCUT2D eigenvalue weighted by atomic mass is 9.96. The molecule has 3 rings (SSSR count). The van der Waals surface area contributed by atoms with E-state index in [-0.39, 0.29) is 5.56 Å². The molecular formula is C17H13N5O2S. The van der Waals surface area contributed by atoms with Crippen molar-refractivity contribution in [1.82, 2.24) is 15.0 Å². The normalized spacial score (nSPS) is 11.0. The molecular weight excluding hydrogens is 338 g/mol. The highest BCUT2D eigenvalue weighted by Crippen LogP contribution is 2.34. The van der Waals surface area contributed by atoms with Gasteiger partial charge in [0.25, 0.3) is 10.0 Å². The highest BCUT2D eigenvalue weighted by molar-refractivity contribution is 7.89. The maximum absolute atomic E-state index is 12.1. The number of rotatable bonds is 4. The summed E-state index contributed by atoms with van der Waals surface area (Å²) < 4.78 is 24.2. The Morgan fingerprint density at radius 3 is 2.00 bits per heavy atom. The smallest absolute Gasteiger partial charge is 0.257 e. The van der Waals surface area contributed by atoms with E-state index in [9.17, 15) is 13.7 Å². The van der Waals surface area contributed by atoms with E-state index in [1.54, 1.807) is 29.1 Å². The number of hydrogen-bond acceptors (Lipinski definition) is 6. The van der Waals surface area contributed by atoms with Gasteiger partial charge in [-0.25, -0.2) is 8.42 Å². The van der Waals surface area contributed by atoms with Crippen LogP contribution < -0.4 is 10.7 Å². The highest BCUT2D eigenvalue weighted by atomic mass is 32.2. The molecule has 1 aromatic heterocycles. The molecule has 8 heteroatoms. The standard InChI is InChI=1S/C17H13N5O2S/c18-11-14-15(12-7-3-1-4-8-12)16(13-9-5-2-6-10-13)20-21-17(14)25(23,24)22-19/h1-10,22H,19H2. The first-order valence-electron chi connectivity index (χ1n) is 7.22. The van der Waals surface area contributed by atoms with Crippen molar-refractivity contribution >= 4 is 10.0 Å². The summed E-state index contributed by atoms with van der Waals surface area (Å²) in [6.45, 7) is 0. The SMILES string of the molecule is N#Cc1c(S(=O)(=O)NN)nnc(-c2ccccc2)c1-c1ccccc1. The second-order valence-corrected chi connectivity index (χ2v) is 6.70. The van der Waals surface area contributed by atoms with Crippen LogP contribution in [-0.2, 0) is 10.0 Å². The maximum Gasteiger partial charge on any atom is 0.273 e. The van der Waals surface area contributed by atoms with Gasteiger partial charge in [-0.2, -0.15) is 5.26 Å². The number of aromatic nitrogens is 2. The fourth-order valence-electron chi connectivity index (χ4n) is 2.45. The predicted octanol–water partition coefficient (Wildman–Crippen LogP) is 1.83. The summed E-state index contributed by atoms with van der Waals surface area (Å²) in [5.74, 6) is 5.08. The molecule has 0 saturated heterocycles. The van der Waals surface area contributed by atoms with E-state index in [0.717, 1.165) is 5.56 Å². The van der Waals surface area contributed by atoms with E-state index >= 15 is 0 Å². The van der Waals surface area contributed by atoms with E-state index in [0.29, 0.717) is 16.8 Å². The molecule has 0 fully saturated rings. The molecule has 25 heavy (non-hydrogen) atoms. The number of nitriles is 1. The fraction of sp³-hybridized carbons (Fsp3) is 0. The number of hydrogen-bond donors (Lipinski definition) is 2. The van der Waals surface area contributed by atoms with Gasteiger partial charge in [0.2, 0.25) is 5.03 Å². The van der Waals surface area contributed by atoms with Crippen molar-refractivity contribution in [2.75, 3.05) is 0 Å². The van der Waals surface area contributed by atoms with Crippen LogP contribution in [0.1, 0.15) is 5.56 Å². The van der Waals surface area contributed by atoms with Crippen LogP contribution in [0.3, 0.4) is 0 Å². The fourth-order valence-corrected chi connectivity index (χ4v) is 3.13. The summed E-state index contributed by atoms with van der Waals surface area (Å²) in [5.41, 5.74) is 2.06. The minimum Gasteiger partial charge on any atom is -0.257 e. The Morgan fingerprint density at radius 2 is 1.48 bits per heavy atom. The van der Waals surface area contributed by atoms with Gasteiger partial charge in [0.15, 0.2) is 0 Å². The van der Waals surface area contributed by atoms with Crippen molar-refractivity contribution in [2.24, 2.45) is 5.84 Å². The van der Waals surface area contributed by atoms with Gasteiger partial charge in [-0.1, -0.05) is 60.7 Å². The number of benzene rings is 2. The highest BCUT2D eigenvalue weighted by Gasteiger charge is 2.26. The molecule has 3 N–H and O–H groups in total. The van der Waals surface area contributed by atoms with Crippen molar-refractivity contribution < 1.29 is 8.42 Å². The molecule has 7 nitrogen and oxygen atoms in total. The van der Waals surface area contributed by atoms with Crippen LogP contribution in [-0.4, -0.2) is 18.6 Å². The van der Waals surface area contributed by atoms with E-state index in [1.165, 1.54) is 0 Å². The zero-order valence-electron chi connectivity index (χ0n) is 12.9. The number of hydrazine groups is 1. The summed E-state index contributed by atoms with van der Waals surface area (Å²) in [6.07, 6.45) is 0. The molecule has 1 heterocycles. The Kier molecular flexibility index (Phi) is 4.54. The Labute approximate surface area is 144 Å². The average Bonchev–Trinajstić information content (AvgIpc) is 2.68. The Bertz CT molecular complexity index is 1050. The van der Waals surface area contributed by atoms with E-state index in [2.05, 4.69) is 10.2 Å². The molecule has 0 atom stereocenters. The molecule has 0 aliphatic heterocycles. The van der Waals surface area contributed by atoms with Crippen molar-refractivity contribution in [2.45, 2.75) is 5.03 Å². The third-order valence-electron chi connectivity index (χ3n) is 3.57. The maximum atomic E-state index is 12.1. The number of sulfonamides is 1. The van der Waals surface area contributed by atoms with Crippen LogP contribution in [0.15, 0.2) is 65.7 Å². The average molecular weight is 351 g/mol. The summed E-state index contributed by atoms with van der Waals surface area (Å²) in [7, 11) is -4.14. The molecule has 0 radical (unpaired) electrons. The largest absolute Gasteiger partial charge is 0.273 e. The molecule has 0 bridgehead atoms. The van der Waals surface area contributed by atoms with Crippen LogP contribution in [0, 0.1) is 11.3 Å². The molecule has 0 spiro atoms. The lowest BCUT2D eigenvalue weighted by molar-refractivity contribution is 0.577. The van der Waals surface area contributed by atoms with Crippen LogP contribution in [0.25, 0.3) is 22.4 Å². The minimum absolute atomic E-state index is 0.113. The lowest BCUT2D eigenvalue weighted by Crippen LogP contribution is -2.32. The van der Waals surface area contributed by atoms with Gasteiger partial charge in [-0.05, 0) is 5.56 Å². The van der Waals surface area contributed by atoms with E-state index in [1.807, 2.05) is 42.5 Å². The second kappa shape index (κ2) is 6.78. The first-order valence-corrected chi connectivity index (χ1v) is 8.71. The van der Waals surface area contributed by atoms with Gasteiger partial charge in [-0.15, -0.1) is 15.0 Å². The number of nitrogens with two attached hydrogens (primary N) is 1. The Balaban J connectivity index is 2.42. The third kappa shape index (κ3) is 3.12. The van der Waals surface area contributed by atoms with Crippen LogP contribution >= 0.6 is 0 Å². The molecule has 124 valence electrons. The summed E-state index contributed by atoms with van der Waals surface area (Å²) in [5, 5.41) is 17.0. The van der Waals surface area contributed by atoms with Crippen LogP contribution in [0.4, 0.5) is 0 Å². The molecule has 0 saturated carbocycles. The van der Waals surface area contributed by atoms with Crippen molar-refractivity contribution in [3.63, 3.8) is 0 Å². The zero-order chi connectivity index (χ0) is 17.9. The summed E-state index contributed by atoms with van der Waals surface area (Å²) in [6, 6.07) is 20.0. The molecule has 3 aromatic rings. The van der Waals surface area contributed by atoms with Crippen LogP contribution in [0.2, 0.25) is 0 Å². The van der Waals surface area contributed by atoms with E-state index < -0.39 is 15.0 Å². The van der Waals surface area contributed by atoms with Gasteiger partial charge in [0.1, 0.15) is 17.3 Å². The summed E-state index contributed by atoms with van der Waals surface area (Å²) >= 11 is 0. The third-order valence-corrected chi connectivity index (χ3v) is 4.68. The summed E-state index contributed by atoms with van der Waals surface area (Å²) in [4.78, 5) is 1.69. The first kappa shape index (κ1) is 16.7. The zero-order valence-corrected chi connectivity index (χ0v) is 13.7. The van der Waals surface area contributed by atoms with Gasteiger partial charge in [0.05, 0.1) is 0 Å². The molecule has 0 unspecified atom stereocenters. The quantitative estimate of drug-likeness (QED) is 0.546.